The highest BCUT2D eigenvalue weighted by atomic mass is 35.5. The van der Waals surface area contributed by atoms with Crippen LogP contribution < -0.4 is 10.6 Å². The number of hydrogen-bond acceptors (Lipinski definition) is 8. The average Bonchev–Trinajstić information content (AvgIpc) is 3.39. The highest BCUT2D eigenvalue weighted by Gasteiger charge is 2.50. The Morgan fingerprint density at radius 2 is 2.15 bits per heavy atom. The lowest BCUT2D eigenvalue weighted by Gasteiger charge is -2.56. The number of amides is 1. The Morgan fingerprint density at radius 3 is 2.93 bits per heavy atom. The van der Waals surface area contributed by atoms with E-state index in [4.69, 9.17) is 16.3 Å². The van der Waals surface area contributed by atoms with E-state index in [-0.39, 0.29) is 29.2 Å². The number of nitrogens with zero attached hydrogens (tertiary/aromatic N) is 4. The monoisotopic (exact) mass is 598 g/mol. The molecular weight excluding hydrogens is 556 g/mol. The summed E-state index contributed by atoms with van der Waals surface area (Å²) >= 11 is 8.61. The van der Waals surface area contributed by atoms with E-state index in [0.717, 1.165) is 43.8 Å². The van der Waals surface area contributed by atoms with Gasteiger partial charge in [0.2, 0.25) is 5.91 Å². The molecule has 1 amide bonds. The second kappa shape index (κ2) is 12.5. The number of benzene rings is 1. The van der Waals surface area contributed by atoms with E-state index < -0.39 is 0 Å². The Morgan fingerprint density at radius 1 is 1.27 bits per heavy atom. The number of hydrogen-bond donors (Lipinski definition) is 2. The van der Waals surface area contributed by atoms with Crippen molar-refractivity contribution in [3.63, 3.8) is 0 Å². The Bertz CT molecular complexity index is 1180. The number of halogens is 1. The first kappa shape index (κ1) is 29.4. The molecule has 1 aromatic carbocycles. The molecule has 1 aliphatic carbocycles. The molecule has 5 aliphatic rings. The summed E-state index contributed by atoms with van der Waals surface area (Å²) in [6.45, 7) is 7.57. The van der Waals surface area contributed by atoms with Crippen LogP contribution in [0.1, 0.15) is 50.5 Å². The molecule has 6 rings (SSSR count). The number of carbonyl (C=O) groups excluding carboxylic acids is 1. The fourth-order valence-electron chi connectivity index (χ4n) is 7.89. The van der Waals surface area contributed by atoms with E-state index in [1.807, 2.05) is 22.7 Å². The van der Waals surface area contributed by atoms with Crippen molar-refractivity contribution in [3.05, 3.63) is 41.4 Å². The SMILES string of the molecule is C=CC(=O)N1CCN(C2NC(OCC3CCCN3C)NC3C[C@@]4(CCc5c(Cl)cccc5S4)CCC32)CC1CC#N. The van der Waals surface area contributed by atoms with Crippen molar-refractivity contribution in [1.82, 2.24) is 25.3 Å². The minimum Gasteiger partial charge on any atom is -0.348 e. The largest absolute Gasteiger partial charge is 0.348 e. The predicted molar refractivity (Wildman–Crippen MR) is 162 cm³/mol. The van der Waals surface area contributed by atoms with Crippen LogP contribution in [0.4, 0.5) is 0 Å². The van der Waals surface area contributed by atoms with Gasteiger partial charge in [0, 0.05) is 52.3 Å². The molecule has 6 unspecified atom stereocenters. The van der Waals surface area contributed by atoms with Crippen molar-refractivity contribution in [2.24, 2.45) is 5.92 Å². The Hall–Kier alpha value is -1.64. The van der Waals surface area contributed by atoms with Gasteiger partial charge in [-0.25, -0.2) is 0 Å². The summed E-state index contributed by atoms with van der Waals surface area (Å²) in [5.74, 6) is 0.331. The number of carbonyl (C=O) groups is 1. The molecule has 4 aliphatic heterocycles. The van der Waals surface area contributed by atoms with Crippen LogP contribution >= 0.6 is 23.4 Å². The lowest BCUT2D eigenvalue weighted by molar-refractivity contribution is -0.135. The fourth-order valence-corrected chi connectivity index (χ4v) is 9.85. The van der Waals surface area contributed by atoms with E-state index in [9.17, 15) is 10.1 Å². The molecule has 4 fully saturated rings. The number of fused-ring (bicyclic) bond motifs is 2. The average molecular weight is 599 g/mol. The maximum Gasteiger partial charge on any atom is 0.246 e. The zero-order chi connectivity index (χ0) is 28.6. The summed E-state index contributed by atoms with van der Waals surface area (Å²) in [7, 11) is 2.19. The van der Waals surface area contributed by atoms with Crippen molar-refractivity contribution in [1.29, 1.82) is 5.26 Å². The lowest BCUT2D eigenvalue weighted by Crippen LogP contribution is -2.72. The number of ether oxygens (including phenoxy) is 1. The van der Waals surface area contributed by atoms with Gasteiger partial charge in [-0.1, -0.05) is 24.2 Å². The third-order valence-electron chi connectivity index (χ3n) is 10.2. The first-order valence-electron chi connectivity index (χ1n) is 15.2. The van der Waals surface area contributed by atoms with Crippen LogP contribution in [0.3, 0.4) is 0 Å². The molecule has 1 spiro atoms. The molecule has 1 aromatic rings. The van der Waals surface area contributed by atoms with Crippen LogP contribution in [-0.2, 0) is 16.0 Å². The molecule has 41 heavy (non-hydrogen) atoms. The Kier molecular flexibility index (Phi) is 9.00. The molecular formula is C31H43ClN6O2S. The maximum atomic E-state index is 12.6. The van der Waals surface area contributed by atoms with Crippen LogP contribution in [0.25, 0.3) is 0 Å². The third-order valence-corrected chi connectivity index (χ3v) is 12.2. The van der Waals surface area contributed by atoms with E-state index in [2.05, 4.69) is 52.3 Å². The quantitative estimate of drug-likeness (QED) is 0.479. The summed E-state index contributed by atoms with van der Waals surface area (Å²) in [4.78, 5) is 20.6. The molecule has 1 saturated carbocycles. The lowest BCUT2D eigenvalue weighted by atomic mass is 9.73. The van der Waals surface area contributed by atoms with E-state index in [0.29, 0.717) is 44.1 Å². The van der Waals surface area contributed by atoms with Crippen molar-refractivity contribution in [2.75, 3.05) is 39.8 Å². The van der Waals surface area contributed by atoms with Crippen LogP contribution in [0.5, 0.6) is 0 Å². The molecule has 3 saturated heterocycles. The molecule has 10 heteroatoms. The first-order chi connectivity index (χ1) is 19.9. The van der Waals surface area contributed by atoms with Gasteiger partial charge in [-0.2, -0.15) is 5.26 Å². The third kappa shape index (κ3) is 6.08. The van der Waals surface area contributed by atoms with Crippen LogP contribution in [0.2, 0.25) is 5.02 Å². The van der Waals surface area contributed by atoms with Gasteiger partial charge in [-0.05, 0) is 82.3 Å². The van der Waals surface area contributed by atoms with Crippen molar-refractivity contribution in [2.45, 2.75) is 91.7 Å². The highest BCUT2D eigenvalue weighted by molar-refractivity contribution is 8.00. The van der Waals surface area contributed by atoms with Gasteiger partial charge in [0.05, 0.1) is 31.3 Å². The second-order valence-electron chi connectivity index (χ2n) is 12.5. The minimum absolute atomic E-state index is 0.0859. The molecule has 2 N–H and O–H groups in total. The Balaban J connectivity index is 1.21. The van der Waals surface area contributed by atoms with Gasteiger partial charge < -0.3 is 14.5 Å². The van der Waals surface area contributed by atoms with Gasteiger partial charge in [0.15, 0.2) is 6.35 Å². The molecule has 7 atom stereocenters. The van der Waals surface area contributed by atoms with Crippen LogP contribution in [-0.4, -0.2) is 95.8 Å². The van der Waals surface area contributed by atoms with E-state index in [1.165, 1.54) is 35.8 Å². The molecule has 8 nitrogen and oxygen atoms in total. The predicted octanol–water partition coefficient (Wildman–Crippen LogP) is 3.81. The summed E-state index contributed by atoms with van der Waals surface area (Å²) < 4.78 is 6.76. The van der Waals surface area contributed by atoms with Gasteiger partial charge in [-0.3, -0.25) is 20.3 Å². The number of likely N-dealkylation sites (N-methyl/N-ethyl adjacent to an activating group) is 1. The summed E-state index contributed by atoms with van der Waals surface area (Å²) in [5.41, 5.74) is 1.31. The number of rotatable bonds is 6. The number of nitriles is 1. The fraction of sp³-hybridized carbons (Fsp3) is 0.677. The molecule has 0 bridgehead atoms. The number of piperazine rings is 1. The molecule has 0 radical (unpaired) electrons. The first-order valence-corrected chi connectivity index (χ1v) is 16.4. The number of nitrogens with one attached hydrogen (secondary N) is 2. The molecule has 222 valence electrons. The highest BCUT2D eigenvalue weighted by Crippen LogP contribution is 2.54. The van der Waals surface area contributed by atoms with E-state index >= 15 is 0 Å². The maximum absolute atomic E-state index is 12.6. The minimum atomic E-state index is -0.233. The van der Waals surface area contributed by atoms with E-state index in [1.54, 1.807) is 0 Å². The smallest absolute Gasteiger partial charge is 0.246 e. The molecule has 4 heterocycles. The number of thioether (sulfide) groups is 1. The van der Waals surface area contributed by atoms with Crippen LogP contribution in [0.15, 0.2) is 35.7 Å². The Labute approximate surface area is 253 Å². The van der Waals surface area contributed by atoms with Crippen LogP contribution in [0, 0.1) is 17.2 Å². The van der Waals surface area contributed by atoms with Crippen molar-refractivity contribution >= 4 is 29.3 Å². The van der Waals surface area contributed by atoms with Gasteiger partial charge in [0.1, 0.15) is 0 Å². The second-order valence-corrected chi connectivity index (χ2v) is 14.4. The van der Waals surface area contributed by atoms with Gasteiger partial charge >= 0.3 is 0 Å². The topological polar surface area (TPSA) is 83.9 Å². The summed E-state index contributed by atoms with van der Waals surface area (Å²) in [6, 6.07) is 9.28. The summed E-state index contributed by atoms with van der Waals surface area (Å²) in [5, 5.41) is 18.2. The molecule has 0 aromatic heterocycles. The standard InChI is InChI=1S/C31H43ClN6O2S/c1-3-28(39)38-17-16-37(19-21(38)11-14-33)29-24-10-13-31(12-9-23-25(32)7-4-8-27(23)41-31)18-26(24)34-30(35-29)40-20-22-6-5-15-36(22)2/h3-4,7-8,21-22,24,26,29-30,34-35H,1,5-6,9-13,15-20H2,2H3/t21?,22?,24?,26?,29?,30?,31-/m1/s1. The van der Waals surface area contributed by atoms with Crippen molar-refractivity contribution < 1.29 is 9.53 Å². The normalized spacial score (nSPS) is 36.0. The van der Waals surface area contributed by atoms with Gasteiger partial charge in [0.25, 0.3) is 0 Å². The van der Waals surface area contributed by atoms with Gasteiger partial charge in [-0.15, -0.1) is 11.8 Å². The van der Waals surface area contributed by atoms with Crippen molar-refractivity contribution in [3.8, 4) is 6.07 Å². The number of likely N-dealkylation sites (tertiary alicyclic amines) is 1. The summed E-state index contributed by atoms with van der Waals surface area (Å²) in [6.07, 6.45) is 9.54. The zero-order valence-electron chi connectivity index (χ0n) is 24.1. The zero-order valence-corrected chi connectivity index (χ0v) is 25.6.